The Morgan fingerprint density at radius 2 is 1.94 bits per heavy atom. The molecule has 13 heteroatoms. The van der Waals surface area contributed by atoms with Gasteiger partial charge in [-0.05, 0) is 68.9 Å². The van der Waals surface area contributed by atoms with Crippen molar-refractivity contribution in [2.45, 2.75) is 114 Å². The minimum atomic E-state index is -3.95. The van der Waals surface area contributed by atoms with Crippen LogP contribution in [0.25, 0.3) is 0 Å². The topological polar surface area (TPSA) is 142 Å². The predicted molar refractivity (Wildman–Crippen MR) is 170 cm³/mol. The number of nitrogens with zero attached hydrogens (tertiary/aromatic N) is 2. The molecule has 0 spiro atoms. The Labute approximate surface area is 275 Å². The summed E-state index contributed by atoms with van der Waals surface area (Å²) < 4.78 is 47.3. The molecule has 3 fully saturated rings. The first-order valence-electron chi connectivity index (χ1n) is 16.8. The number of halogens is 1. The van der Waals surface area contributed by atoms with Crippen LogP contribution in [0.15, 0.2) is 30.4 Å². The van der Waals surface area contributed by atoms with E-state index in [0.29, 0.717) is 29.9 Å². The molecular weight excluding hydrogens is 627 g/mol. The molecule has 2 N–H and O–H groups in total. The summed E-state index contributed by atoms with van der Waals surface area (Å²) in [4.78, 5) is 57.5. The monoisotopic (exact) mass is 672 g/mol. The highest BCUT2D eigenvalue weighted by Crippen LogP contribution is 2.47. The zero-order valence-electron chi connectivity index (χ0n) is 27.3. The number of amides is 4. The molecule has 3 heterocycles. The third kappa shape index (κ3) is 6.64. The quantitative estimate of drug-likeness (QED) is 0.452. The molecule has 5 aliphatic rings. The van der Waals surface area contributed by atoms with Gasteiger partial charge < -0.3 is 15.0 Å². The molecule has 2 saturated carbocycles. The summed E-state index contributed by atoms with van der Waals surface area (Å²) in [5.74, 6) is -1.96. The van der Waals surface area contributed by atoms with Crippen molar-refractivity contribution in [2.24, 2.45) is 17.8 Å². The summed E-state index contributed by atoms with van der Waals surface area (Å²) in [5.41, 5.74) is -0.338. The first-order valence-corrected chi connectivity index (χ1v) is 18.3. The number of hydrogen-bond donors (Lipinski definition) is 2. The number of carbonyl (C=O) groups is 4. The van der Waals surface area contributed by atoms with Gasteiger partial charge in [-0.3, -0.25) is 24.0 Å². The smallest absolute Gasteiger partial charge is 0.410 e. The molecular formula is C34H45FN4O7S. The molecule has 6 rings (SSSR count). The summed E-state index contributed by atoms with van der Waals surface area (Å²) in [6.07, 6.45) is 7.07. The molecule has 1 saturated heterocycles. The molecule has 6 atom stereocenters. The van der Waals surface area contributed by atoms with Crippen LogP contribution in [-0.4, -0.2) is 71.0 Å². The van der Waals surface area contributed by atoms with Gasteiger partial charge in [-0.2, -0.15) is 0 Å². The Kier molecular flexibility index (Phi) is 8.90. The van der Waals surface area contributed by atoms with Gasteiger partial charge in [0.25, 0.3) is 5.91 Å². The molecule has 11 nitrogen and oxygen atoms in total. The lowest BCUT2D eigenvalue weighted by atomic mass is 9.88. The fourth-order valence-electron chi connectivity index (χ4n) is 7.29. The number of nitrogens with one attached hydrogen (secondary N) is 2. The number of carbonyl (C=O) groups excluding carboxylic acids is 4. The van der Waals surface area contributed by atoms with Crippen LogP contribution in [0.3, 0.4) is 0 Å². The van der Waals surface area contributed by atoms with Gasteiger partial charge in [-0.15, -0.1) is 0 Å². The SMILES string of the molecule is CC[C@H]1CC(=O)N2CC(OC(=O)N3Cc4cccc(F)c4C3)C[C@H]2C(=O)N[C@]2(C(=O)NS(=O)(=O)C3(C)CC3)CC2/C=C\CC[C@H](C)C1. The van der Waals surface area contributed by atoms with Crippen molar-refractivity contribution in [3.8, 4) is 0 Å². The molecule has 1 aromatic carbocycles. The predicted octanol–water partition coefficient (Wildman–Crippen LogP) is 3.91. The van der Waals surface area contributed by atoms with Crippen molar-refractivity contribution in [1.82, 2.24) is 19.8 Å². The fourth-order valence-corrected chi connectivity index (χ4v) is 8.60. The summed E-state index contributed by atoms with van der Waals surface area (Å²) in [5, 5.41) is 2.85. The second kappa shape index (κ2) is 12.5. The van der Waals surface area contributed by atoms with Crippen LogP contribution < -0.4 is 10.0 Å². The van der Waals surface area contributed by atoms with Gasteiger partial charge in [0, 0.05) is 30.9 Å². The van der Waals surface area contributed by atoms with Crippen LogP contribution in [0.5, 0.6) is 0 Å². The highest BCUT2D eigenvalue weighted by Gasteiger charge is 2.63. The minimum absolute atomic E-state index is 0.000933. The van der Waals surface area contributed by atoms with Crippen molar-refractivity contribution >= 4 is 33.8 Å². The summed E-state index contributed by atoms with van der Waals surface area (Å²) in [6, 6.07) is 3.67. The number of rotatable bonds is 5. The van der Waals surface area contributed by atoms with Crippen LogP contribution in [-0.2, 0) is 42.2 Å². The number of hydrogen-bond acceptors (Lipinski definition) is 7. The van der Waals surface area contributed by atoms with Crippen LogP contribution in [0.4, 0.5) is 9.18 Å². The van der Waals surface area contributed by atoms with Crippen molar-refractivity contribution in [3.05, 3.63) is 47.3 Å². The van der Waals surface area contributed by atoms with E-state index in [1.807, 2.05) is 19.1 Å². The lowest BCUT2D eigenvalue weighted by Gasteiger charge is -2.28. The fraction of sp³-hybridized carbons (Fsp3) is 0.647. The Hall–Kier alpha value is -3.48. The maximum atomic E-state index is 14.3. The average Bonchev–Trinajstić information content (AvgIpc) is 3.81. The third-order valence-corrected chi connectivity index (χ3v) is 13.1. The Bertz CT molecular complexity index is 1590. The molecule has 0 bridgehead atoms. The maximum absolute atomic E-state index is 14.3. The zero-order chi connectivity index (χ0) is 33.7. The van der Waals surface area contributed by atoms with Gasteiger partial charge in [0.1, 0.15) is 23.5 Å². The van der Waals surface area contributed by atoms with E-state index in [2.05, 4.69) is 17.0 Å². The molecule has 4 amide bonds. The second-order valence-corrected chi connectivity index (χ2v) is 16.7. The van der Waals surface area contributed by atoms with Gasteiger partial charge in [0.05, 0.1) is 17.8 Å². The largest absolute Gasteiger partial charge is 0.444 e. The maximum Gasteiger partial charge on any atom is 0.410 e. The normalized spacial score (nSPS) is 32.6. The minimum Gasteiger partial charge on any atom is -0.444 e. The Morgan fingerprint density at radius 1 is 1.17 bits per heavy atom. The summed E-state index contributed by atoms with van der Waals surface area (Å²) >= 11 is 0. The van der Waals surface area contributed by atoms with Gasteiger partial charge in [0.2, 0.25) is 21.8 Å². The first-order chi connectivity index (χ1) is 22.2. The lowest BCUT2D eigenvalue weighted by molar-refractivity contribution is -0.140. The van der Waals surface area contributed by atoms with E-state index >= 15 is 0 Å². The van der Waals surface area contributed by atoms with Crippen molar-refractivity contribution in [2.75, 3.05) is 6.54 Å². The van der Waals surface area contributed by atoms with Gasteiger partial charge in [0.15, 0.2) is 0 Å². The van der Waals surface area contributed by atoms with Gasteiger partial charge in [-0.25, -0.2) is 17.6 Å². The van der Waals surface area contributed by atoms with E-state index in [-0.39, 0.29) is 50.7 Å². The highest BCUT2D eigenvalue weighted by atomic mass is 32.2. The molecule has 47 heavy (non-hydrogen) atoms. The molecule has 1 aromatic rings. The highest BCUT2D eigenvalue weighted by molar-refractivity contribution is 7.91. The van der Waals surface area contributed by atoms with Gasteiger partial charge in [-0.1, -0.05) is 44.6 Å². The second-order valence-electron chi connectivity index (χ2n) is 14.5. The molecule has 0 radical (unpaired) electrons. The summed E-state index contributed by atoms with van der Waals surface area (Å²) in [6.45, 7) is 6.03. The standard InChI is InChI=1S/C34H45FN4O7S/c1-4-22-14-21(2)8-5-6-10-24-17-34(24,31(42)37-47(44,45)33(3)12-13-33)36-30(41)28-16-25(19-39(28)29(40)15-22)46-32(43)38-18-23-9-7-11-27(35)26(23)20-38/h6-7,9-11,21-22,24-25,28H,4-5,8,12-20H2,1-3H3,(H,36,41)(H,37,42)/b10-6-/t21-,22+,24?,25?,28-,34+/m0/s1. The lowest BCUT2D eigenvalue weighted by Crippen LogP contribution is -2.57. The van der Waals surface area contributed by atoms with Gasteiger partial charge >= 0.3 is 6.09 Å². The number of fused-ring (bicyclic) bond motifs is 3. The van der Waals surface area contributed by atoms with Crippen LogP contribution in [0.2, 0.25) is 0 Å². The number of allylic oxidation sites excluding steroid dienone is 1. The Morgan fingerprint density at radius 3 is 2.64 bits per heavy atom. The number of ether oxygens (including phenoxy) is 1. The zero-order valence-corrected chi connectivity index (χ0v) is 28.1. The third-order valence-electron chi connectivity index (χ3n) is 10.9. The van der Waals surface area contributed by atoms with Crippen molar-refractivity contribution in [1.29, 1.82) is 0 Å². The van der Waals surface area contributed by atoms with E-state index in [1.54, 1.807) is 19.1 Å². The van der Waals surface area contributed by atoms with Crippen molar-refractivity contribution in [3.63, 3.8) is 0 Å². The van der Waals surface area contributed by atoms with Crippen molar-refractivity contribution < 1.29 is 36.7 Å². The first kappa shape index (κ1) is 33.4. The van der Waals surface area contributed by atoms with Crippen LogP contribution in [0, 0.1) is 23.6 Å². The number of sulfonamides is 1. The molecule has 2 aliphatic carbocycles. The van der Waals surface area contributed by atoms with E-state index in [0.717, 1.165) is 25.7 Å². The summed E-state index contributed by atoms with van der Waals surface area (Å²) in [7, 11) is -3.95. The number of benzene rings is 1. The van der Waals surface area contributed by atoms with E-state index < -0.39 is 62.1 Å². The molecule has 0 aromatic heterocycles. The Balaban J connectivity index is 1.23. The molecule has 2 unspecified atom stereocenters. The van der Waals surface area contributed by atoms with E-state index in [1.165, 1.54) is 15.9 Å². The van der Waals surface area contributed by atoms with E-state index in [4.69, 9.17) is 4.74 Å². The van der Waals surface area contributed by atoms with E-state index in [9.17, 15) is 32.0 Å². The average molecular weight is 673 g/mol. The molecule has 256 valence electrons. The molecule has 3 aliphatic heterocycles. The van der Waals surface area contributed by atoms with Crippen LogP contribution >= 0.6 is 0 Å². The van der Waals surface area contributed by atoms with Crippen LogP contribution in [0.1, 0.15) is 89.7 Å².